The first kappa shape index (κ1) is 17.9. The smallest absolute Gasteiger partial charge is 0.181 e. The lowest BCUT2D eigenvalue weighted by atomic mass is 9.99. The molecule has 0 atom stereocenters. The van der Waals surface area contributed by atoms with Gasteiger partial charge in [-0.25, -0.2) is 4.98 Å². The third kappa shape index (κ3) is 3.64. The number of H-pyrrole nitrogens is 1. The van der Waals surface area contributed by atoms with Gasteiger partial charge in [-0.1, -0.05) is 42.5 Å². The van der Waals surface area contributed by atoms with Gasteiger partial charge in [0.1, 0.15) is 12.4 Å². The second-order valence-corrected chi connectivity index (χ2v) is 6.87. The Hall–Kier alpha value is -3.47. The highest BCUT2D eigenvalue weighted by molar-refractivity contribution is 5.99. The quantitative estimate of drug-likeness (QED) is 0.504. The van der Waals surface area contributed by atoms with Crippen LogP contribution in [0.1, 0.15) is 32.7 Å². The van der Waals surface area contributed by atoms with Crippen LogP contribution < -0.4 is 4.74 Å². The number of ether oxygens (including phenoxy) is 1. The Morgan fingerprint density at radius 1 is 1.04 bits per heavy atom. The van der Waals surface area contributed by atoms with E-state index in [2.05, 4.69) is 15.2 Å². The minimum atomic E-state index is 0.0463. The van der Waals surface area contributed by atoms with E-state index in [9.17, 15) is 4.79 Å². The fraction of sp³-hybridized carbons (Fsp3) is 0.174. The van der Waals surface area contributed by atoms with Crippen LogP contribution in [0.25, 0.3) is 11.0 Å². The molecule has 0 unspecified atom stereocenters. The lowest BCUT2D eigenvalue weighted by molar-refractivity contribution is 0.0991. The average molecular weight is 371 g/mol. The number of aromatic nitrogens is 3. The number of carbonyl (C=O) groups excluding carboxylic acids is 1. The molecule has 0 aliphatic carbocycles. The monoisotopic (exact) mass is 371 g/mol. The molecule has 5 nitrogen and oxygen atoms in total. The fourth-order valence-electron chi connectivity index (χ4n) is 3.25. The predicted molar refractivity (Wildman–Crippen MR) is 109 cm³/mol. The summed E-state index contributed by atoms with van der Waals surface area (Å²) in [4.78, 5) is 17.2. The number of carbonyl (C=O) groups is 1. The second kappa shape index (κ2) is 7.64. The summed E-state index contributed by atoms with van der Waals surface area (Å²) < 4.78 is 5.95. The van der Waals surface area contributed by atoms with Crippen LogP contribution in [0.5, 0.6) is 5.75 Å². The van der Waals surface area contributed by atoms with Crippen molar-refractivity contribution in [2.24, 2.45) is 0 Å². The molecule has 0 saturated heterocycles. The molecule has 0 saturated carbocycles. The van der Waals surface area contributed by atoms with Crippen LogP contribution in [0.15, 0.2) is 60.8 Å². The number of hydrogen-bond donors (Lipinski definition) is 1. The Morgan fingerprint density at radius 3 is 2.68 bits per heavy atom. The highest BCUT2D eigenvalue weighted by Crippen LogP contribution is 2.24. The van der Waals surface area contributed by atoms with Gasteiger partial charge in [-0.2, -0.15) is 5.10 Å². The van der Waals surface area contributed by atoms with Gasteiger partial charge in [-0.3, -0.25) is 9.89 Å². The number of rotatable bonds is 6. The zero-order chi connectivity index (χ0) is 19.5. The van der Waals surface area contributed by atoms with Gasteiger partial charge in [-0.05, 0) is 37.1 Å². The number of pyridine rings is 1. The maximum absolute atomic E-state index is 12.9. The molecule has 0 bridgehead atoms. The van der Waals surface area contributed by atoms with Crippen molar-refractivity contribution in [3.8, 4) is 5.75 Å². The third-order valence-corrected chi connectivity index (χ3v) is 4.84. The minimum Gasteiger partial charge on any atom is -0.489 e. The number of nitrogens with one attached hydrogen (secondary N) is 1. The van der Waals surface area contributed by atoms with Crippen molar-refractivity contribution in [1.82, 2.24) is 15.2 Å². The van der Waals surface area contributed by atoms with Crippen molar-refractivity contribution in [1.29, 1.82) is 0 Å². The summed E-state index contributed by atoms with van der Waals surface area (Å²) in [6, 6.07) is 17.6. The first-order valence-electron chi connectivity index (χ1n) is 9.21. The van der Waals surface area contributed by atoms with Gasteiger partial charge in [0, 0.05) is 34.8 Å². The molecule has 0 aliphatic rings. The highest BCUT2D eigenvalue weighted by atomic mass is 16.5. The molecule has 4 rings (SSSR count). The van der Waals surface area contributed by atoms with Gasteiger partial charge >= 0.3 is 0 Å². The van der Waals surface area contributed by atoms with Gasteiger partial charge in [0.25, 0.3) is 0 Å². The maximum Gasteiger partial charge on any atom is 0.181 e. The van der Waals surface area contributed by atoms with E-state index in [1.165, 1.54) is 0 Å². The predicted octanol–water partition coefficient (Wildman–Crippen LogP) is 4.58. The summed E-state index contributed by atoms with van der Waals surface area (Å²) >= 11 is 0. The minimum absolute atomic E-state index is 0.0463. The van der Waals surface area contributed by atoms with Gasteiger partial charge in [0.2, 0.25) is 0 Å². The number of Topliss-reactive ketones (excluding diaryl/α,β-unsaturated/α-hetero) is 1. The largest absolute Gasteiger partial charge is 0.489 e. The Labute approximate surface area is 163 Å². The topological polar surface area (TPSA) is 67.9 Å². The van der Waals surface area contributed by atoms with Gasteiger partial charge in [-0.15, -0.1) is 0 Å². The molecule has 0 radical (unpaired) electrons. The van der Waals surface area contributed by atoms with Crippen LogP contribution in [0.2, 0.25) is 0 Å². The van der Waals surface area contributed by atoms with Gasteiger partial charge in [0.15, 0.2) is 11.4 Å². The van der Waals surface area contributed by atoms with Crippen LogP contribution in [-0.2, 0) is 13.0 Å². The van der Waals surface area contributed by atoms with Crippen molar-refractivity contribution in [2.45, 2.75) is 26.9 Å². The van der Waals surface area contributed by atoms with E-state index >= 15 is 0 Å². The maximum atomic E-state index is 12.9. The summed E-state index contributed by atoms with van der Waals surface area (Å²) in [5.74, 6) is 0.777. The molecule has 0 aliphatic heterocycles. The number of aromatic amines is 1. The average Bonchev–Trinajstić information content (AvgIpc) is 3.08. The van der Waals surface area contributed by atoms with E-state index in [4.69, 9.17) is 4.74 Å². The summed E-state index contributed by atoms with van der Waals surface area (Å²) in [6.45, 7) is 4.34. The molecule has 4 aromatic rings. The highest BCUT2D eigenvalue weighted by Gasteiger charge is 2.14. The van der Waals surface area contributed by atoms with Crippen LogP contribution in [0.4, 0.5) is 0 Å². The van der Waals surface area contributed by atoms with Crippen molar-refractivity contribution < 1.29 is 9.53 Å². The summed E-state index contributed by atoms with van der Waals surface area (Å²) in [6.07, 6.45) is 2.00. The fourth-order valence-corrected chi connectivity index (χ4v) is 3.25. The molecule has 1 N–H and O–H groups in total. The second-order valence-electron chi connectivity index (χ2n) is 6.87. The van der Waals surface area contributed by atoms with E-state index in [-0.39, 0.29) is 12.2 Å². The number of hydrogen-bond acceptors (Lipinski definition) is 4. The van der Waals surface area contributed by atoms with Crippen LogP contribution in [-0.4, -0.2) is 21.0 Å². The molecular weight excluding hydrogens is 350 g/mol. The number of fused-ring (bicyclic) bond motifs is 1. The zero-order valence-corrected chi connectivity index (χ0v) is 15.9. The summed E-state index contributed by atoms with van der Waals surface area (Å²) in [5.41, 5.74) is 5.11. The molecule has 0 amide bonds. The Morgan fingerprint density at radius 2 is 1.86 bits per heavy atom. The normalized spacial score (nSPS) is 10.9. The van der Waals surface area contributed by atoms with Crippen molar-refractivity contribution in [3.63, 3.8) is 0 Å². The number of aryl methyl sites for hydroxylation is 1. The van der Waals surface area contributed by atoms with E-state index in [1.807, 2.05) is 68.4 Å². The first-order chi connectivity index (χ1) is 13.6. The molecule has 28 heavy (non-hydrogen) atoms. The molecule has 0 fully saturated rings. The lowest BCUT2D eigenvalue weighted by Crippen LogP contribution is -2.07. The number of ketones is 1. The van der Waals surface area contributed by atoms with Crippen LogP contribution in [0.3, 0.4) is 0 Å². The lowest BCUT2D eigenvalue weighted by Gasteiger charge is -2.12. The van der Waals surface area contributed by atoms with E-state index in [1.54, 1.807) is 6.20 Å². The molecule has 5 heteroatoms. The van der Waals surface area contributed by atoms with Gasteiger partial charge < -0.3 is 4.74 Å². The van der Waals surface area contributed by atoms with E-state index in [0.29, 0.717) is 17.8 Å². The van der Waals surface area contributed by atoms with Crippen molar-refractivity contribution in [3.05, 3.63) is 88.7 Å². The standard InChI is InChI=1S/C23H21N3O2/c1-15-19(9-6-10-22(15)28-14-17-7-4-3-5-8-17)21(27)12-18-11-20-16(2)25-26-23(20)24-13-18/h3-11,13H,12,14H2,1-2H3,(H,24,25,26). The third-order valence-electron chi connectivity index (χ3n) is 4.84. The Balaban J connectivity index is 1.52. The number of benzene rings is 2. The molecule has 140 valence electrons. The van der Waals surface area contributed by atoms with Crippen LogP contribution >= 0.6 is 0 Å². The SMILES string of the molecule is Cc1c(OCc2ccccc2)cccc1C(=O)Cc1cnc2n[nH]c(C)c2c1. The Bertz CT molecular complexity index is 1130. The van der Waals surface area contributed by atoms with Gasteiger partial charge in [0.05, 0.1) is 0 Å². The van der Waals surface area contributed by atoms with Crippen molar-refractivity contribution in [2.75, 3.05) is 0 Å². The van der Waals surface area contributed by atoms with Crippen molar-refractivity contribution >= 4 is 16.8 Å². The van der Waals surface area contributed by atoms with Crippen LogP contribution in [0, 0.1) is 13.8 Å². The molecule has 2 aromatic carbocycles. The molecule has 0 spiro atoms. The molecule has 2 aromatic heterocycles. The first-order valence-corrected chi connectivity index (χ1v) is 9.21. The summed E-state index contributed by atoms with van der Waals surface area (Å²) in [5, 5.41) is 8.00. The van der Waals surface area contributed by atoms with E-state index < -0.39 is 0 Å². The molecular formula is C23H21N3O2. The number of nitrogens with zero attached hydrogens (tertiary/aromatic N) is 2. The zero-order valence-electron chi connectivity index (χ0n) is 15.9. The van der Waals surface area contributed by atoms with E-state index in [0.717, 1.165) is 33.5 Å². The molecule has 2 heterocycles. The summed E-state index contributed by atoms with van der Waals surface area (Å²) in [7, 11) is 0. The Kier molecular flexibility index (Phi) is 4.89.